The van der Waals surface area contributed by atoms with Gasteiger partial charge in [0.2, 0.25) is 0 Å². The maximum absolute atomic E-state index is 2.40. The summed E-state index contributed by atoms with van der Waals surface area (Å²) in [5.74, 6) is 0. The number of nitrogens with zero attached hydrogens (tertiary/aromatic N) is 1. The Morgan fingerprint density at radius 1 is 1.30 bits per heavy atom. The van der Waals surface area contributed by atoms with Crippen molar-refractivity contribution in [2.45, 2.75) is 6.42 Å². The molecule has 0 spiro atoms. The number of hydrogen-bond donors (Lipinski definition) is 0. The van der Waals surface area contributed by atoms with Crippen LogP contribution in [-0.4, -0.2) is 18.0 Å². The first-order valence-electron chi connectivity index (χ1n) is 3.79. The normalized spacial score (nSPS) is 26.4. The van der Waals surface area contributed by atoms with E-state index >= 15 is 0 Å². The van der Waals surface area contributed by atoms with Crippen LogP contribution >= 0.6 is 0 Å². The second-order valence-corrected chi connectivity index (χ2v) is 3.19. The molecule has 50 valence electrons. The highest BCUT2D eigenvalue weighted by Gasteiger charge is 2.24. The molecule has 0 N–H and O–H groups in total. The summed E-state index contributed by atoms with van der Waals surface area (Å²) in [7, 11) is 0. The van der Waals surface area contributed by atoms with Crippen LogP contribution in [0.1, 0.15) is 6.42 Å². The predicted molar refractivity (Wildman–Crippen MR) is 40.4 cm³/mol. The van der Waals surface area contributed by atoms with Crippen LogP contribution in [0.3, 0.4) is 0 Å². The van der Waals surface area contributed by atoms with Crippen LogP contribution in [0.5, 0.6) is 0 Å². The lowest BCUT2D eigenvalue weighted by atomic mass is 10.2. The average Bonchev–Trinajstić information content (AvgIpc) is 2.15. The van der Waals surface area contributed by atoms with E-state index in [0.29, 0.717) is 0 Å². The van der Waals surface area contributed by atoms with Crippen molar-refractivity contribution in [1.29, 1.82) is 0 Å². The van der Waals surface area contributed by atoms with Crippen molar-refractivity contribution < 1.29 is 0 Å². The molecule has 3 heterocycles. The van der Waals surface area contributed by atoms with Crippen LogP contribution in [0.15, 0.2) is 35.1 Å². The summed E-state index contributed by atoms with van der Waals surface area (Å²) in [4.78, 5) is 2.40. The van der Waals surface area contributed by atoms with Crippen molar-refractivity contribution in [1.82, 2.24) is 4.90 Å². The number of hydrogen-bond acceptors (Lipinski definition) is 1. The third kappa shape index (κ3) is 0.441. The molecule has 1 heteroatoms. The fourth-order valence-electron chi connectivity index (χ4n) is 1.92. The molecule has 3 aliphatic heterocycles. The van der Waals surface area contributed by atoms with Crippen molar-refractivity contribution >= 4 is 0 Å². The maximum Gasteiger partial charge on any atom is 0.0430 e. The van der Waals surface area contributed by atoms with Crippen LogP contribution in [0.2, 0.25) is 0 Å². The van der Waals surface area contributed by atoms with E-state index in [-0.39, 0.29) is 0 Å². The quantitative estimate of drug-likeness (QED) is 0.481. The lowest BCUT2D eigenvalue weighted by molar-refractivity contribution is 0.437. The molecule has 0 aromatic rings. The van der Waals surface area contributed by atoms with Gasteiger partial charge in [0.05, 0.1) is 0 Å². The monoisotopic (exact) mass is 131 g/mol. The van der Waals surface area contributed by atoms with Crippen LogP contribution in [0, 0.1) is 0 Å². The summed E-state index contributed by atoms with van der Waals surface area (Å²) in [6.07, 6.45) is 8.19. The lowest BCUT2D eigenvalue weighted by Crippen LogP contribution is -2.14. The second-order valence-electron chi connectivity index (χ2n) is 3.19. The first-order chi connectivity index (χ1) is 4.92. The zero-order chi connectivity index (χ0) is 6.55. The number of fused-ring (bicyclic) bond motifs is 1. The van der Waals surface area contributed by atoms with Gasteiger partial charge in [0.25, 0.3) is 0 Å². The number of allylic oxidation sites excluding steroid dienone is 2. The molecule has 1 nitrogen and oxygen atoms in total. The Balaban J connectivity index is 2.25. The van der Waals surface area contributed by atoms with Gasteiger partial charge in [-0.05, 0) is 29.2 Å². The molecule has 4 bridgehead atoms. The fraction of sp³-hybridized carbons (Fsp3) is 0.333. The van der Waals surface area contributed by atoms with E-state index < -0.39 is 0 Å². The van der Waals surface area contributed by atoms with Crippen molar-refractivity contribution in [2.24, 2.45) is 0 Å². The molecule has 0 aromatic heterocycles. The van der Waals surface area contributed by atoms with Gasteiger partial charge < -0.3 is 4.90 Å². The minimum absolute atomic E-state index is 1.16. The maximum atomic E-state index is 2.40. The summed E-state index contributed by atoms with van der Waals surface area (Å²) >= 11 is 0. The van der Waals surface area contributed by atoms with Crippen molar-refractivity contribution in [2.75, 3.05) is 13.1 Å². The molecule has 0 amide bonds. The lowest BCUT2D eigenvalue weighted by Gasteiger charge is -2.11. The molecule has 10 heavy (non-hydrogen) atoms. The highest BCUT2D eigenvalue weighted by molar-refractivity contribution is 5.57. The highest BCUT2D eigenvalue weighted by Crippen LogP contribution is 2.34. The molecular formula is C9H9N. The van der Waals surface area contributed by atoms with Gasteiger partial charge >= 0.3 is 0 Å². The molecule has 0 saturated heterocycles. The average molecular weight is 131 g/mol. The van der Waals surface area contributed by atoms with Gasteiger partial charge in [-0.2, -0.15) is 0 Å². The standard InChI is InChI=1S/C9H9N/c1-2-10-5-8-3-7(1)4-9(8)6-10/h3-5H,1-2,6H2. The van der Waals surface area contributed by atoms with Crippen molar-refractivity contribution in [3.8, 4) is 0 Å². The Kier molecular flexibility index (Phi) is 0.652. The van der Waals surface area contributed by atoms with Gasteiger partial charge in [-0.15, -0.1) is 0 Å². The summed E-state index contributed by atoms with van der Waals surface area (Å²) in [6.45, 7) is 2.38. The molecule has 4 rings (SSSR count). The molecule has 0 saturated carbocycles. The third-order valence-corrected chi connectivity index (χ3v) is 2.45. The smallest absolute Gasteiger partial charge is 0.0430 e. The van der Waals surface area contributed by atoms with E-state index in [4.69, 9.17) is 0 Å². The van der Waals surface area contributed by atoms with Crippen molar-refractivity contribution in [3.63, 3.8) is 0 Å². The molecule has 0 fully saturated rings. The largest absolute Gasteiger partial charge is 0.372 e. The Labute approximate surface area is 60.3 Å². The molecule has 0 atom stereocenters. The molecule has 0 radical (unpaired) electrons. The summed E-state index contributed by atoms with van der Waals surface area (Å²) in [5, 5.41) is 0. The Morgan fingerprint density at radius 3 is 3.20 bits per heavy atom. The summed E-state index contributed by atoms with van der Waals surface area (Å²) < 4.78 is 0. The molecular weight excluding hydrogens is 122 g/mol. The Hall–Kier alpha value is -0.980. The SMILES string of the molecule is C1=C2C=C3CN(C=C13)CC2. The first-order valence-corrected chi connectivity index (χ1v) is 3.79. The first kappa shape index (κ1) is 4.78. The summed E-state index contributed by atoms with van der Waals surface area (Å²) in [6, 6.07) is 0. The molecule has 1 aliphatic carbocycles. The Morgan fingerprint density at radius 2 is 2.30 bits per heavy atom. The highest BCUT2D eigenvalue weighted by atomic mass is 15.1. The van der Waals surface area contributed by atoms with E-state index in [1.54, 1.807) is 0 Å². The molecule has 0 unspecified atom stereocenters. The van der Waals surface area contributed by atoms with Crippen LogP contribution in [0.4, 0.5) is 0 Å². The van der Waals surface area contributed by atoms with Gasteiger partial charge in [-0.1, -0.05) is 6.08 Å². The fourth-order valence-corrected chi connectivity index (χ4v) is 1.92. The van der Waals surface area contributed by atoms with Crippen molar-refractivity contribution in [3.05, 3.63) is 35.1 Å². The zero-order valence-electron chi connectivity index (χ0n) is 5.80. The van der Waals surface area contributed by atoms with Crippen LogP contribution < -0.4 is 0 Å². The zero-order valence-corrected chi connectivity index (χ0v) is 5.80. The molecule has 0 aromatic carbocycles. The molecule has 4 aliphatic rings. The van der Waals surface area contributed by atoms with Gasteiger partial charge in [0, 0.05) is 19.3 Å². The van der Waals surface area contributed by atoms with Gasteiger partial charge in [-0.25, -0.2) is 0 Å². The van der Waals surface area contributed by atoms with E-state index in [2.05, 4.69) is 23.3 Å². The van der Waals surface area contributed by atoms with E-state index in [1.807, 2.05) is 0 Å². The van der Waals surface area contributed by atoms with Crippen LogP contribution in [-0.2, 0) is 0 Å². The van der Waals surface area contributed by atoms with E-state index in [1.165, 1.54) is 29.7 Å². The van der Waals surface area contributed by atoms with Crippen LogP contribution in [0.25, 0.3) is 0 Å². The van der Waals surface area contributed by atoms with E-state index in [0.717, 1.165) is 6.54 Å². The minimum atomic E-state index is 1.16. The predicted octanol–water partition coefficient (Wildman–Crippen LogP) is 1.46. The second kappa shape index (κ2) is 1.36. The summed E-state index contributed by atoms with van der Waals surface area (Å²) in [5.41, 5.74) is 4.53. The minimum Gasteiger partial charge on any atom is -0.372 e. The van der Waals surface area contributed by atoms with Gasteiger partial charge in [-0.3, -0.25) is 0 Å². The van der Waals surface area contributed by atoms with Gasteiger partial charge in [0.15, 0.2) is 0 Å². The van der Waals surface area contributed by atoms with E-state index in [9.17, 15) is 0 Å². The number of rotatable bonds is 0. The Bertz CT molecular complexity index is 281. The van der Waals surface area contributed by atoms with Gasteiger partial charge in [0.1, 0.15) is 0 Å². The third-order valence-electron chi connectivity index (χ3n) is 2.45. The topological polar surface area (TPSA) is 3.24 Å².